The van der Waals surface area contributed by atoms with Crippen LogP contribution in [0.1, 0.15) is 37.7 Å². The van der Waals surface area contributed by atoms with Gasteiger partial charge in [0.2, 0.25) is 0 Å². The molecule has 0 fully saturated rings. The van der Waals surface area contributed by atoms with Crippen LogP contribution in [0.15, 0.2) is 36.9 Å². The summed E-state index contributed by atoms with van der Waals surface area (Å²) in [5, 5.41) is 10.7. The van der Waals surface area contributed by atoms with Crippen LogP contribution in [0.5, 0.6) is 5.75 Å². The van der Waals surface area contributed by atoms with Crippen LogP contribution in [0.4, 0.5) is 5.69 Å². The first-order chi connectivity index (χ1) is 9.70. The highest BCUT2D eigenvalue weighted by molar-refractivity contribution is 5.63. The number of rotatable bonds is 7. The Kier molecular flexibility index (Phi) is 4.93. The van der Waals surface area contributed by atoms with Gasteiger partial charge < -0.3 is 4.74 Å². The second kappa shape index (κ2) is 6.89. The highest BCUT2D eigenvalue weighted by Crippen LogP contribution is 2.30. The number of nitro benzene ring substituents is 1. The summed E-state index contributed by atoms with van der Waals surface area (Å²) in [4.78, 5) is 10.3. The van der Waals surface area contributed by atoms with Crippen molar-refractivity contribution in [1.29, 1.82) is 0 Å². The van der Waals surface area contributed by atoms with Gasteiger partial charge in [-0.3, -0.25) is 10.1 Å². The van der Waals surface area contributed by atoms with Crippen LogP contribution in [-0.4, -0.2) is 11.0 Å². The lowest BCUT2D eigenvalue weighted by Gasteiger charge is -2.21. The molecule has 2 rings (SSSR count). The lowest BCUT2D eigenvalue weighted by atomic mass is 10.0. The molecular weight excluding hydrogens is 254 g/mol. The zero-order chi connectivity index (χ0) is 14.4. The minimum Gasteiger partial charge on any atom is -0.486 e. The van der Waals surface area contributed by atoms with Gasteiger partial charge in [-0.2, -0.15) is 0 Å². The number of fused-ring (bicyclic) bond motifs is 1. The van der Waals surface area contributed by atoms with E-state index in [9.17, 15) is 10.1 Å². The van der Waals surface area contributed by atoms with Crippen molar-refractivity contribution in [3.8, 4) is 5.75 Å². The fraction of sp³-hybridized carbons (Fsp3) is 0.375. The molecule has 0 saturated heterocycles. The summed E-state index contributed by atoms with van der Waals surface area (Å²) >= 11 is 0. The van der Waals surface area contributed by atoms with E-state index in [1.165, 1.54) is 18.9 Å². The lowest BCUT2D eigenvalue weighted by molar-refractivity contribution is -0.384. The van der Waals surface area contributed by atoms with Crippen molar-refractivity contribution in [3.05, 3.63) is 52.6 Å². The van der Waals surface area contributed by atoms with E-state index in [4.69, 9.17) is 4.74 Å². The number of non-ortho nitro benzene ring substituents is 1. The van der Waals surface area contributed by atoms with Gasteiger partial charge in [0.05, 0.1) is 4.92 Å². The molecule has 4 heteroatoms. The van der Waals surface area contributed by atoms with E-state index in [2.05, 4.69) is 6.58 Å². The van der Waals surface area contributed by atoms with E-state index in [0.29, 0.717) is 0 Å². The Bertz CT molecular complexity index is 522. The molecule has 0 bridgehead atoms. The molecule has 106 valence electrons. The number of hydrogen-bond acceptors (Lipinski definition) is 3. The molecule has 0 N–H and O–H groups in total. The number of ether oxygens (including phenoxy) is 1. The quantitative estimate of drug-likeness (QED) is 0.318. The Hall–Kier alpha value is -2.10. The number of nitro groups is 1. The van der Waals surface area contributed by atoms with E-state index in [1.807, 2.05) is 18.2 Å². The summed E-state index contributed by atoms with van der Waals surface area (Å²) in [6, 6.07) is 4.72. The molecule has 1 atom stereocenters. The van der Waals surface area contributed by atoms with Crippen molar-refractivity contribution in [2.75, 3.05) is 0 Å². The molecule has 0 saturated carbocycles. The minimum absolute atomic E-state index is 0.0766. The normalized spacial score (nSPS) is 16.3. The first-order valence-electron chi connectivity index (χ1n) is 6.95. The van der Waals surface area contributed by atoms with Gasteiger partial charge in [0.25, 0.3) is 5.69 Å². The summed E-state index contributed by atoms with van der Waals surface area (Å²) in [5.41, 5.74) is 0.877. The molecule has 1 aliphatic rings. The van der Waals surface area contributed by atoms with E-state index in [1.54, 1.807) is 12.1 Å². The van der Waals surface area contributed by atoms with Crippen LogP contribution in [0.3, 0.4) is 0 Å². The Morgan fingerprint density at radius 2 is 2.20 bits per heavy atom. The predicted molar refractivity (Wildman–Crippen MR) is 79.8 cm³/mol. The van der Waals surface area contributed by atoms with Gasteiger partial charge in [-0.25, -0.2) is 0 Å². The maximum Gasteiger partial charge on any atom is 0.270 e. The smallest absolute Gasteiger partial charge is 0.270 e. The molecule has 0 amide bonds. The van der Waals surface area contributed by atoms with Crippen LogP contribution in [-0.2, 0) is 0 Å². The Balaban J connectivity index is 1.89. The number of nitrogens with zero attached hydrogens (tertiary/aromatic N) is 1. The third-order valence-corrected chi connectivity index (χ3v) is 3.37. The van der Waals surface area contributed by atoms with Gasteiger partial charge in [-0.1, -0.05) is 18.6 Å². The van der Waals surface area contributed by atoms with Gasteiger partial charge in [-0.05, 0) is 37.8 Å². The highest BCUT2D eigenvalue weighted by atomic mass is 16.6. The predicted octanol–water partition coefficient (Wildman–Crippen LogP) is 4.51. The van der Waals surface area contributed by atoms with Crippen molar-refractivity contribution in [2.45, 2.75) is 38.2 Å². The van der Waals surface area contributed by atoms with E-state index in [-0.39, 0.29) is 16.7 Å². The van der Waals surface area contributed by atoms with Gasteiger partial charge >= 0.3 is 0 Å². The van der Waals surface area contributed by atoms with E-state index >= 15 is 0 Å². The van der Waals surface area contributed by atoms with E-state index in [0.717, 1.165) is 30.6 Å². The number of allylic oxidation sites excluding steroid dienone is 1. The number of hydrogen-bond donors (Lipinski definition) is 0. The van der Waals surface area contributed by atoms with Crippen LogP contribution in [0, 0.1) is 10.1 Å². The molecule has 0 spiro atoms. The Morgan fingerprint density at radius 1 is 1.35 bits per heavy atom. The van der Waals surface area contributed by atoms with Crippen molar-refractivity contribution in [1.82, 2.24) is 0 Å². The monoisotopic (exact) mass is 273 g/mol. The van der Waals surface area contributed by atoms with Gasteiger partial charge in [-0.15, -0.1) is 6.58 Å². The average Bonchev–Trinajstić information content (AvgIpc) is 2.46. The second-order valence-corrected chi connectivity index (χ2v) is 4.92. The first kappa shape index (κ1) is 14.3. The molecule has 4 nitrogen and oxygen atoms in total. The molecule has 1 aliphatic heterocycles. The average molecular weight is 273 g/mol. The molecule has 1 aromatic carbocycles. The molecule has 0 aromatic heterocycles. The second-order valence-electron chi connectivity index (χ2n) is 4.92. The molecule has 1 unspecified atom stereocenters. The summed E-state index contributed by atoms with van der Waals surface area (Å²) < 4.78 is 5.84. The molecule has 1 heterocycles. The van der Waals surface area contributed by atoms with Gasteiger partial charge in [0.1, 0.15) is 11.9 Å². The lowest BCUT2D eigenvalue weighted by Crippen LogP contribution is -2.16. The van der Waals surface area contributed by atoms with E-state index < -0.39 is 0 Å². The Labute approximate surface area is 118 Å². The summed E-state index contributed by atoms with van der Waals surface area (Å²) in [5.74, 6) is 0.731. The summed E-state index contributed by atoms with van der Waals surface area (Å²) in [7, 11) is 0. The van der Waals surface area contributed by atoms with Crippen molar-refractivity contribution in [3.63, 3.8) is 0 Å². The largest absolute Gasteiger partial charge is 0.486 e. The zero-order valence-electron chi connectivity index (χ0n) is 11.5. The van der Waals surface area contributed by atoms with Gasteiger partial charge in [0.15, 0.2) is 0 Å². The third-order valence-electron chi connectivity index (χ3n) is 3.37. The summed E-state index contributed by atoms with van der Waals surface area (Å²) in [6.07, 6.45) is 11.4. The maximum absolute atomic E-state index is 10.7. The van der Waals surface area contributed by atoms with Crippen molar-refractivity contribution < 1.29 is 9.66 Å². The molecule has 0 radical (unpaired) electrons. The standard InChI is InChI=1S/C16H19NO3/c1-2-3-4-5-6-7-15-10-8-13-12-14(17(18)19)9-11-16(13)20-15/h2,8-12,15H,1,3-7H2. The minimum atomic E-state index is -0.389. The molecule has 20 heavy (non-hydrogen) atoms. The summed E-state index contributed by atoms with van der Waals surface area (Å²) in [6.45, 7) is 3.71. The SMILES string of the molecule is C=CCCCCCC1C=Cc2cc([N+](=O)[O-])ccc2O1. The molecular formula is C16H19NO3. The third kappa shape index (κ3) is 3.70. The molecule has 1 aromatic rings. The topological polar surface area (TPSA) is 52.4 Å². The zero-order valence-corrected chi connectivity index (χ0v) is 11.5. The first-order valence-corrected chi connectivity index (χ1v) is 6.95. The molecule has 0 aliphatic carbocycles. The maximum atomic E-state index is 10.7. The van der Waals surface area contributed by atoms with Gasteiger partial charge in [0, 0.05) is 17.7 Å². The van der Waals surface area contributed by atoms with Crippen molar-refractivity contribution >= 4 is 11.8 Å². The highest BCUT2D eigenvalue weighted by Gasteiger charge is 2.17. The van der Waals surface area contributed by atoms with Crippen LogP contribution in [0.25, 0.3) is 6.08 Å². The number of unbranched alkanes of at least 4 members (excludes halogenated alkanes) is 3. The fourth-order valence-electron chi connectivity index (χ4n) is 2.27. The van der Waals surface area contributed by atoms with Crippen LogP contribution >= 0.6 is 0 Å². The van der Waals surface area contributed by atoms with Crippen molar-refractivity contribution in [2.24, 2.45) is 0 Å². The number of benzene rings is 1. The van der Waals surface area contributed by atoms with Crippen LogP contribution in [0.2, 0.25) is 0 Å². The van der Waals surface area contributed by atoms with Crippen LogP contribution < -0.4 is 4.74 Å². The fourth-order valence-corrected chi connectivity index (χ4v) is 2.27. The Morgan fingerprint density at radius 3 is 2.95 bits per heavy atom.